The molecule has 0 amide bonds. The first-order chi connectivity index (χ1) is 11.6. The minimum absolute atomic E-state index is 0.199. The Morgan fingerprint density at radius 3 is 2.83 bits per heavy atom. The highest BCUT2D eigenvalue weighted by Gasteiger charge is 2.27. The number of nitrogens with zero attached hydrogens (tertiary/aromatic N) is 4. The van der Waals surface area contributed by atoms with Crippen molar-refractivity contribution < 1.29 is 14.4 Å². The lowest BCUT2D eigenvalue weighted by Gasteiger charge is -2.24. The highest BCUT2D eigenvalue weighted by atomic mass is 16.5. The Hall–Kier alpha value is -2.96. The number of aromatic nitrogens is 3. The minimum Gasteiger partial charge on any atom is -0.478 e. The van der Waals surface area contributed by atoms with Crippen LogP contribution in [-0.4, -0.2) is 38.8 Å². The second kappa shape index (κ2) is 5.59. The first-order valence-electron chi connectivity index (χ1n) is 7.86. The molecule has 1 saturated heterocycles. The van der Waals surface area contributed by atoms with Crippen LogP contribution in [0.1, 0.15) is 30.1 Å². The third kappa shape index (κ3) is 2.38. The third-order valence-electron chi connectivity index (χ3n) is 4.39. The van der Waals surface area contributed by atoms with Gasteiger partial charge in [-0.15, -0.1) is 0 Å². The van der Waals surface area contributed by atoms with Gasteiger partial charge in [-0.25, -0.2) is 14.8 Å². The van der Waals surface area contributed by atoms with Crippen LogP contribution in [0.25, 0.3) is 22.5 Å². The number of rotatable bonds is 3. The van der Waals surface area contributed by atoms with E-state index in [4.69, 9.17) is 9.51 Å². The van der Waals surface area contributed by atoms with Crippen molar-refractivity contribution in [1.82, 2.24) is 15.1 Å². The van der Waals surface area contributed by atoms with Crippen molar-refractivity contribution in [2.75, 3.05) is 11.4 Å². The summed E-state index contributed by atoms with van der Waals surface area (Å²) in [6.45, 7) is 3.04. The molecule has 4 rings (SSSR count). The SMILES string of the molecule is C[C@H]1CCCN1c1nc2cc(C(=O)O)ccc2nc1-c1ccno1. The molecule has 0 bridgehead atoms. The zero-order chi connectivity index (χ0) is 16.7. The van der Waals surface area contributed by atoms with E-state index in [0.717, 1.165) is 19.4 Å². The maximum absolute atomic E-state index is 11.2. The van der Waals surface area contributed by atoms with Crippen LogP contribution in [-0.2, 0) is 0 Å². The second-order valence-corrected chi connectivity index (χ2v) is 5.97. The maximum Gasteiger partial charge on any atom is 0.335 e. The Morgan fingerprint density at radius 2 is 2.17 bits per heavy atom. The molecule has 7 heteroatoms. The molecule has 0 radical (unpaired) electrons. The molecule has 0 unspecified atom stereocenters. The standard InChI is InChI=1S/C17H16N4O3/c1-10-3-2-8-21(10)16-15(14-6-7-18-24-14)19-12-5-4-11(17(22)23)9-13(12)20-16/h4-7,9-10H,2-3,8H2,1H3,(H,22,23)/t10-/m0/s1. The van der Waals surface area contributed by atoms with Gasteiger partial charge in [0.15, 0.2) is 17.3 Å². The fraction of sp³-hybridized carbons (Fsp3) is 0.294. The fourth-order valence-corrected chi connectivity index (χ4v) is 3.13. The van der Waals surface area contributed by atoms with E-state index < -0.39 is 5.97 Å². The second-order valence-electron chi connectivity index (χ2n) is 5.97. The van der Waals surface area contributed by atoms with E-state index in [-0.39, 0.29) is 5.56 Å². The maximum atomic E-state index is 11.2. The van der Waals surface area contributed by atoms with E-state index in [9.17, 15) is 9.90 Å². The van der Waals surface area contributed by atoms with Crippen LogP contribution >= 0.6 is 0 Å². The van der Waals surface area contributed by atoms with Gasteiger partial charge in [-0.1, -0.05) is 5.16 Å². The summed E-state index contributed by atoms with van der Waals surface area (Å²) in [7, 11) is 0. The van der Waals surface area contributed by atoms with Crippen molar-refractivity contribution in [3.05, 3.63) is 36.0 Å². The summed E-state index contributed by atoms with van der Waals surface area (Å²) in [6.07, 6.45) is 3.75. The van der Waals surface area contributed by atoms with Gasteiger partial charge in [0, 0.05) is 18.7 Å². The molecule has 0 spiro atoms. The third-order valence-corrected chi connectivity index (χ3v) is 4.39. The molecule has 2 aromatic heterocycles. The van der Waals surface area contributed by atoms with Crippen molar-refractivity contribution >= 4 is 22.8 Å². The van der Waals surface area contributed by atoms with Gasteiger partial charge in [0.25, 0.3) is 0 Å². The molecule has 1 aliphatic heterocycles. The molecule has 1 aromatic carbocycles. The van der Waals surface area contributed by atoms with E-state index >= 15 is 0 Å². The molecule has 24 heavy (non-hydrogen) atoms. The Morgan fingerprint density at radius 1 is 1.29 bits per heavy atom. The lowest BCUT2D eigenvalue weighted by atomic mass is 10.1. The van der Waals surface area contributed by atoms with Gasteiger partial charge >= 0.3 is 5.97 Å². The van der Waals surface area contributed by atoms with Gasteiger partial charge in [0.1, 0.15) is 0 Å². The number of aromatic carboxylic acids is 1. The molecule has 1 fully saturated rings. The van der Waals surface area contributed by atoms with Gasteiger partial charge in [-0.2, -0.15) is 0 Å². The van der Waals surface area contributed by atoms with E-state index in [1.807, 2.05) is 0 Å². The average Bonchev–Trinajstić information content (AvgIpc) is 3.24. The number of carboxylic acid groups (broad SMARTS) is 1. The molecule has 3 aromatic rings. The fourth-order valence-electron chi connectivity index (χ4n) is 3.13. The predicted molar refractivity (Wildman–Crippen MR) is 88.0 cm³/mol. The topological polar surface area (TPSA) is 92.4 Å². The molecule has 0 saturated carbocycles. The zero-order valence-corrected chi connectivity index (χ0v) is 13.1. The number of benzene rings is 1. The van der Waals surface area contributed by atoms with E-state index in [1.165, 1.54) is 6.07 Å². The molecule has 7 nitrogen and oxygen atoms in total. The lowest BCUT2D eigenvalue weighted by molar-refractivity contribution is 0.0697. The Bertz CT molecular complexity index is 908. The van der Waals surface area contributed by atoms with Crippen LogP contribution in [0.5, 0.6) is 0 Å². The summed E-state index contributed by atoms with van der Waals surface area (Å²) in [6, 6.07) is 6.86. The van der Waals surface area contributed by atoms with Crippen LogP contribution in [0.4, 0.5) is 5.82 Å². The molecule has 1 atom stereocenters. The van der Waals surface area contributed by atoms with Gasteiger partial charge in [0.2, 0.25) is 0 Å². The van der Waals surface area contributed by atoms with Crippen molar-refractivity contribution in [3.63, 3.8) is 0 Å². The molecular formula is C17H16N4O3. The van der Waals surface area contributed by atoms with E-state index in [1.54, 1.807) is 24.4 Å². The van der Waals surface area contributed by atoms with Crippen molar-refractivity contribution in [1.29, 1.82) is 0 Å². The Labute approximate surface area is 137 Å². The number of carboxylic acids is 1. The molecule has 0 aliphatic carbocycles. The lowest BCUT2D eigenvalue weighted by Crippen LogP contribution is -2.28. The molecule has 3 heterocycles. The summed E-state index contributed by atoms with van der Waals surface area (Å²) in [5.41, 5.74) is 2.02. The van der Waals surface area contributed by atoms with Crippen LogP contribution in [0.2, 0.25) is 0 Å². The van der Waals surface area contributed by atoms with Gasteiger partial charge in [0.05, 0.1) is 22.8 Å². The van der Waals surface area contributed by atoms with E-state index in [0.29, 0.717) is 34.3 Å². The molecule has 122 valence electrons. The zero-order valence-electron chi connectivity index (χ0n) is 13.1. The number of carbonyl (C=O) groups is 1. The molecule has 1 aliphatic rings. The Balaban J connectivity index is 1.94. The summed E-state index contributed by atoms with van der Waals surface area (Å²) in [4.78, 5) is 22.8. The highest BCUT2D eigenvalue weighted by molar-refractivity contribution is 5.93. The van der Waals surface area contributed by atoms with Crippen LogP contribution in [0.3, 0.4) is 0 Å². The molecular weight excluding hydrogens is 308 g/mol. The first kappa shape index (κ1) is 14.6. The Kier molecular flexibility index (Phi) is 3.41. The van der Waals surface area contributed by atoms with Crippen molar-refractivity contribution in [2.45, 2.75) is 25.8 Å². The number of fused-ring (bicyclic) bond motifs is 1. The van der Waals surface area contributed by atoms with Crippen LogP contribution in [0, 0.1) is 0 Å². The summed E-state index contributed by atoms with van der Waals surface area (Å²) < 4.78 is 5.29. The molecule has 1 N–H and O–H groups in total. The summed E-state index contributed by atoms with van der Waals surface area (Å²) >= 11 is 0. The normalized spacial score (nSPS) is 17.5. The van der Waals surface area contributed by atoms with Gasteiger partial charge < -0.3 is 14.5 Å². The number of hydrogen-bond donors (Lipinski definition) is 1. The average molecular weight is 324 g/mol. The monoisotopic (exact) mass is 324 g/mol. The number of hydrogen-bond acceptors (Lipinski definition) is 6. The van der Waals surface area contributed by atoms with Crippen LogP contribution in [0.15, 0.2) is 35.0 Å². The van der Waals surface area contributed by atoms with Crippen molar-refractivity contribution in [2.24, 2.45) is 0 Å². The number of anilines is 1. The van der Waals surface area contributed by atoms with Crippen molar-refractivity contribution in [3.8, 4) is 11.5 Å². The quantitative estimate of drug-likeness (QED) is 0.791. The largest absolute Gasteiger partial charge is 0.478 e. The van der Waals surface area contributed by atoms with Gasteiger partial charge in [-0.05, 0) is 38.0 Å². The predicted octanol–water partition coefficient (Wildman–Crippen LogP) is 2.97. The minimum atomic E-state index is -0.978. The first-order valence-corrected chi connectivity index (χ1v) is 7.86. The smallest absolute Gasteiger partial charge is 0.335 e. The van der Waals surface area contributed by atoms with Crippen LogP contribution < -0.4 is 4.90 Å². The van der Waals surface area contributed by atoms with Gasteiger partial charge in [-0.3, -0.25) is 0 Å². The highest BCUT2D eigenvalue weighted by Crippen LogP contribution is 2.33. The van der Waals surface area contributed by atoms with E-state index in [2.05, 4.69) is 22.0 Å². The summed E-state index contributed by atoms with van der Waals surface area (Å²) in [5, 5.41) is 13.0. The summed E-state index contributed by atoms with van der Waals surface area (Å²) in [5.74, 6) is 0.293.